The lowest BCUT2D eigenvalue weighted by Crippen LogP contribution is -2.51. The fourth-order valence-electron chi connectivity index (χ4n) is 3.14. The van der Waals surface area contributed by atoms with Crippen molar-refractivity contribution in [3.63, 3.8) is 0 Å². The van der Waals surface area contributed by atoms with Crippen molar-refractivity contribution < 1.29 is 14.6 Å². The summed E-state index contributed by atoms with van der Waals surface area (Å²) in [5.74, 6) is 0.115. The molecule has 1 fully saturated rings. The van der Waals surface area contributed by atoms with Crippen LogP contribution in [0, 0.1) is 0 Å². The molecule has 0 spiro atoms. The summed E-state index contributed by atoms with van der Waals surface area (Å²) >= 11 is 3.41. The van der Waals surface area contributed by atoms with Crippen LogP contribution in [0.1, 0.15) is 32.6 Å². The zero-order valence-electron chi connectivity index (χ0n) is 12.3. The average molecular weight is 356 g/mol. The van der Waals surface area contributed by atoms with Gasteiger partial charge in [-0.3, -0.25) is 9.69 Å². The van der Waals surface area contributed by atoms with Gasteiger partial charge in [0.2, 0.25) is 0 Å². The second-order valence-electron chi connectivity index (χ2n) is 5.48. The standard InChI is InChI=1S/C16H22BrNO3/c1-2-7-16(15(19)20)8-4-9-18(16)10-11-21-14-6-3-5-13(17)12-14/h3,5-6,12H,2,4,7-11H2,1H3,(H,19,20). The SMILES string of the molecule is CCCC1(C(=O)O)CCCN1CCOc1cccc(Br)c1. The van der Waals surface area contributed by atoms with E-state index >= 15 is 0 Å². The largest absolute Gasteiger partial charge is 0.492 e. The number of halogens is 1. The number of hydrogen-bond donors (Lipinski definition) is 1. The zero-order valence-corrected chi connectivity index (χ0v) is 13.9. The number of benzene rings is 1. The van der Waals surface area contributed by atoms with E-state index < -0.39 is 11.5 Å². The number of carboxylic acids is 1. The quantitative estimate of drug-likeness (QED) is 0.812. The normalized spacial score (nSPS) is 22.4. The minimum atomic E-state index is -0.690. The summed E-state index contributed by atoms with van der Waals surface area (Å²) in [6.07, 6.45) is 3.28. The van der Waals surface area contributed by atoms with Crippen LogP contribution in [0.3, 0.4) is 0 Å². The van der Waals surface area contributed by atoms with Crippen LogP contribution in [0.5, 0.6) is 5.75 Å². The van der Waals surface area contributed by atoms with Gasteiger partial charge in [-0.15, -0.1) is 0 Å². The molecule has 1 atom stereocenters. The molecule has 1 N–H and O–H groups in total. The molecular formula is C16H22BrNO3. The molecule has 0 radical (unpaired) electrons. The lowest BCUT2D eigenvalue weighted by atomic mass is 9.91. The van der Waals surface area contributed by atoms with Gasteiger partial charge in [-0.1, -0.05) is 35.3 Å². The van der Waals surface area contributed by atoms with Gasteiger partial charge >= 0.3 is 5.97 Å². The van der Waals surface area contributed by atoms with Crippen LogP contribution in [0.4, 0.5) is 0 Å². The molecule has 0 amide bonds. The van der Waals surface area contributed by atoms with E-state index in [1.165, 1.54) is 0 Å². The second kappa shape index (κ2) is 7.27. The van der Waals surface area contributed by atoms with Crippen molar-refractivity contribution in [3.8, 4) is 5.75 Å². The maximum atomic E-state index is 11.7. The highest BCUT2D eigenvalue weighted by Gasteiger charge is 2.46. The van der Waals surface area contributed by atoms with Crippen LogP contribution in [0.2, 0.25) is 0 Å². The number of rotatable bonds is 7. The molecule has 1 aliphatic heterocycles. The number of aliphatic carboxylic acids is 1. The summed E-state index contributed by atoms with van der Waals surface area (Å²) in [6, 6.07) is 7.70. The van der Waals surface area contributed by atoms with Gasteiger partial charge in [0.05, 0.1) is 0 Å². The topological polar surface area (TPSA) is 49.8 Å². The first-order valence-corrected chi connectivity index (χ1v) is 8.24. The lowest BCUT2D eigenvalue weighted by molar-refractivity contribution is -0.150. The Kier molecular flexibility index (Phi) is 5.65. The highest BCUT2D eigenvalue weighted by Crippen LogP contribution is 2.33. The summed E-state index contributed by atoms with van der Waals surface area (Å²) in [4.78, 5) is 13.8. The summed E-state index contributed by atoms with van der Waals surface area (Å²) in [5, 5.41) is 9.63. The molecular weight excluding hydrogens is 334 g/mol. The molecule has 2 rings (SSSR count). The van der Waals surface area contributed by atoms with Gasteiger partial charge in [-0.25, -0.2) is 0 Å². The number of nitrogens with zero attached hydrogens (tertiary/aromatic N) is 1. The fraction of sp³-hybridized carbons (Fsp3) is 0.562. The van der Waals surface area contributed by atoms with E-state index in [-0.39, 0.29) is 0 Å². The van der Waals surface area contributed by atoms with Crippen molar-refractivity contribution in [1.29, 1.82) is 0 Å². The first-order valence-electron chi connectivity index (χ1n) is 7.45. The Bertz CT molecular complexity index is 494. The summed E-state index contributed by atoms with van der Waals surface area (Å²) in [6.45, 7) is 4.04. The van der Waals surface area contributed by atoms with E-state index in [0.717, 1.165) is 36.0 Å². The second-order valence-corrected chi connectivity index (χ2v) is 6.40. The number of carboxylic acid groups (broad SMARTS) is 1. The van der Waals surface area contributed by atoms with Crippen molar-refractivity contribution in [1.82, 2.24) is 4.90 Å². The zero-order chi connectivity index (χ0) is 15.3. The fourth-order valence-corrected chi connectivity index (χ4v) is 3.51. The third-order valence-corrected chi connectivity index (χ3v) is 4.60. The molecule has 0 aliphatic carbocycles. The van der Waals surface area contributed by atoms with Crippen molar-refractivity contribution in [2.45, 2.75) is 38.1 Å². The molecule has 0 aromatic heterocycles. The molecule has 21 heavy (non-hydrogen) atoms. The Morgan fingerprint density at radius 1 is 1.52 bits per heavy atom. The molecule has 116 valence electrons. The van der Waals surface area contributed by atoms with Crippen LogP contribution < -0.4 is 4.74 Å². The van der Waals surface area contributed by atoms with E-state index in [1.54, 1.807) is 0 Å². The van der Waals surface area contributed by atoms with Crippen LogP contribution in [-0.2, 0) is 4.79 Å². The molecule has 4 nitrogen and oxygen atoms in total. The van der Waals surface area contributed by atoms with Crippen LogP contribution in [0.25, 0.3) is 0 Å². The Balaban J connectivity index is 1.93. The first kappa shape index (κ1) is 16.3. The monoisotopic (exact) mass is 355 g/mol. The molecule has 5 heteroatoms. The molecule has 1 saturated heterocycles. The Hall–Kier alpha value is -1.07. The number of likely N-dealkylation sites (tertiary alicyclic amines) is 1. The summed E-state index contributed by atoms with van der Waals surface area (Å²) in [7, 11) is 0. The van der Waals surface area contributed by atoms with Gasteiger partial charge in [0.1, 0.15) is 17.9 Å². The minimum Gasteiger partial charge on any atom is -0.492 e. The number of hydrogen-bond acceptors (Lipinski definition) is 3. The highest BCUT2D eigenvalue weighted by atomic mass is 79.9. The summed E-state index contributed by atoms with van der Waals surface area (Å²) < 4.78 is 6.71. The van der Waals surface area contributed by atoms with Crippen molar-refractivity contribution in [2.75, 3.05) is 19.7 Å². The van der Waals surface area contributed by atoms with Crippen molar-refractivity contribution in [2.24, 2.45) is 0 Å². The predicted molar refractivity (Wildman–Crippen MR) is 85.7 cm³/mol. The van der Waals surface area contributed by atoms with Crippen LogP contribution in [-0.4, -0.2) is 41.2 Å². The molecule has 1 aromatic rings. The number of ether oxygens (including phenoxy) is 1. The molecule has 1 heterocycles. The maximum Gasteiger partial charge on any atom is 0.324 e. The Morgan fingerprint density at radius 3 is 3.00 bits per heavy atom. The van der Waals surface area contributed by atoms with Gasteiger partial charge < -0.3 is 9.84 Å². The van der Waals surface area contributed by atoms with E-state index in [2.05, 4.69) is 20.8 Å². The highest BCUT2D eigenvalue weighted by molar-refractivity contribution is 9.10. The minimum absolute atomic E-state index is 0.509. The van der Waals surface area contributed by atoms with Crippen molar-refractivity contribution in [3.05, 3.63) is 28.7 Å². The third-order valence-electron chi connectivity index (χ3n) is 4.11. The number of carbonyl (C=O) groups is 1. The first-order chi connectivity index (χ1) is 10.1. The average Bonchev–Trinajstić information content (AvgIpc) is 2.84. The molecule has 1 aromatic carbocycles. The lowest BCUT2D eigenvalue weighted by Gasteiger charge is -2.34. The van der Waals surface area contributed by atoms with Gasteiger partial charge in [0.15, 0.2) is 0 Å². The van der Waals surface area contributed by atoms with Crippen LogP contribution in [0.15, 0.2) is 28.7 Å². The van der Waals surface area contributed by atoms with E-state index in [0.29, 0.717) is 19.6 Å². The van der Waals surface area contributed by atoms with Gasteiger partial charge in [-0.2, -0.15) is 0 Å². The van der Waals surface area contributed by atoms with Gasteiger partial charge in [0.25, 0.3) is 0 Å². The maximum absolute atomic E-state index is 11.7. The molecule has 0 bridgehead atoms. The predicted octanol–water partition coefficient (Wildman–Crippen LogP) is 3.55. The molecule has 1 aliphatic rings. The smallest absolute Gasteiger partial charge is 0.324 e. The molecule has 0 saturated carbocycles. The van der Waals surface area contributed by atoms with Crippen LogP contribution >= 0.6 is 15.9 Å². The molecule has 1 unspecified atom stereocenters. The van der Waals surface area contributed by atoms with E-state index in [1.807, 2.05) is 31.2 Å². The Labute approximate surface area is 134 Å². The Morgan fingerprint density at radius 2 is 2.33 bits per heavy atom. The van der Waals surface area contributed by atoms with E-state index in [4.69, 9.17) is 4.74 Å². The van der Waals surface area contributed by atoms with Crippen molar-refractivity contribution >= 4 is 21.9 Å². The van der Waals surface area contributed by atoms with Gasteiger partial charge in [-0.05, 0) is 44.0 Å². The summed E-state index contributed by atoms with van der Waals surface area (Å²) in [5.41, 5.74) is -0.685. The van der Waals surface area contributed by atoms with Gasteiger partial charge in [0, 0.05) is 11.0 Å². The third kappa shape index (κ3) is 3.77. The van der Waals surface area contributed by atoms with E-state index in [9.17, 15) is 9.90 Å².